The molecule has 0 aliphatic heterocycles. The molecule has 0 unspecified atom stereocenters. The minimum atomic E-state index is -1.19. The van der Waals surface area contributed by atoms with E-state index in [4.69, 9.17) is 5.73 Å². The first-order valence-corrected chi connectivity index (χ1v) is 19.7. The van der Waals surface area contributed by atoms with Gasteiger partial charge in [-0.3, -0.25) is 24.0 Å². The van der Waals surface area contributed by atoms with Gasteiger partial charge in [0.05, 0.1) is 12.1 Å². The summed E-state index contributed by atoms with van der Waals surface area (Å²) in [6.45, 7) is 3.86. The molecule has 5 rings (SSSR count). The van der Waals surface area contributed by atoms with Gasteiger partial charge in [0, 0.05) is 29.0 Å². The third kappa shape index (κ3) is 12.8. The Kier molecular flexibility index (Phi) is 15.6. The molecule has 0 spiro atoms. The van der Waals surface area contributed by atoms with Gasteiger partial charge in [-0.1, -0.05) is 147 Å². The molecule has 5 aromatic carbocycles. The predicted molar refractivity (Wildman–Crippen MR) is 225 cm³/mol. The van der Waals surface area contributed by atoms with E-state index in [0.29, 0.717) is 16.7 Å². The zero-order chi connectivity index (χ0) is 41.4. The third-order valence-corrected chi connectivity index (χ3v) is 10.0. The van der Waals surface area contributed by atoms with E-state index in [0.717, 1.165) is 16.7 Å². The maximum absolute atomic E-state index is 14.3. The number of nitrogens with two attached hydrogens (primary N) is 1. The van der Waals surface area contributed by atoms with Gasteiger partial charge >= 0.3 is 0 Å². The molecule has 4 amide bonds. The number of aliphatic hydroxyl groups is 1. The van der Waals surface area contributed by atoms with Gasteiger partial charge in [0.2, 0.25) is 17.7 Å². The summed E-state index contributed by atoms with van der Waals surface area (Å²) in [6.07, 6.45) is -0.233. The van der Waals surface area contributed by atoms with E-state index in [9.17, 15) is 29.1 Å². The summed E-state index contributed by atoms with van der Waals surface area (Å²) in [4.78, 5) is 67.2. The van der Waals surface area contributed by atoms with Crippen molar-refractivity contribution < 1.29 is 29.1 Å². The molecule has 6 N–H and O–H groups in total. The standard InChI is InChI=1S/C48H52N4O6/c1-32(2)27-42(48(58)51-41(45(49)55)30-35-19-11-5-12-20-35)52-47(57)39(28-33-15-7-3-8-16-33)31-43(53)40(29-34-17-9-4-10-18-34)50-46(56)38-25-23-37(24-26-38)44(54)36-21-13-6-14-22-36/h3-26,32,39-43,53H,27-31H2,1-2H3,(H2,49,55)(H,50,56)(H,51,58)(H,52,57)/t39-,40+,41+,42+,43-/m1/s1. The Hall–Kier alpha value is -6.39. The lowest BCUT2D eigenvalue weighted by molar-refractivity contribution is -0.133. The highest BCUT2D eigenvalue weighted by molar-refractivity contribution is 6.09. The van der Waals surface area contributed by atoms with Crippen LogP contribution in [0.4, 0.5) is 0 Å². The lowest BCUT2D eigenvalue weighted by Crippen LogP contribution is -2.55. The van der Waals surface area contributed by atoms with Gasteiger partial charge in [0.15, 0.2) is 5.78 Å². The van der Waals surface area contributed by atoms with Gasteiger partial charge < -0.3 is 26.8 Å². The molecule has 58 heavy (non-hydrogen) atoms. The smallest absolute Gasteiger partial charge is 0.251 e. The molecule has 0 aromatic heterocycles. The minimum absolute atomic E-state index is 0.00588. The predicted octanol–water partition coefficient (Wildman–Crippen LogP) is 5.61. The van der Waals surface area contributed by atoms with E-state index in [1.165, 1.54) is 0 Å². The quantitative estimate of drug-likeness (QED) is 0.0644. The van der Waals surface area contributed by atoms with Gasteiger partial charge in [0.1, 0.15) is 12.1 Å². The fourth-order valence-corrected chi connectivity index (χ4v) is 6.91. The van der Waals surface area contributed by atoms with E-state index < -0.39 is 53.8 Å². The molecule has 0 saturated heterocycles. The Morgan fingerprint density at radius 1 is 0.517 bits per heavy atom. The lowest BCUT2D eigenvalue weighted by Gasteiger charge is -2.29. The molecule has 300 valence electrons. The number of carbonyl (C=O) groups is 5. The van der Waals surface area contributed by atoms with Gasteiger partial charge in [-0.05, 0) is 60.4 Å². The van der Waals surface area contributed by atoms with Crippen LogP contribution in [0.5, 0.6) is 0 Å². The van der Waals surface area contributed by atoms with E-state index in [1.807, 2.05) is 111 Å². The summed E-state index contributed by atoms with van der Waals surface area (Å²) in [5, 5.41) is 20.6. The molecule has 10 heteroatoms. The molecule has 0 aliphatic rings. The summed E-state index contributed by atoms with van der Waals surface area (Å²) in [6, 6.07) is 40.4. The highest BCUT2D eigenvalue weighted by atomic mass is 16.3. The van der Waals surface area contributed by atoms with E-state index in [2.05, 4.69) is 16.0 Å². The number of ketones is 1. The molecule has 0 fully saturated rings. The molecule has 0 bridgehead atoms. The van der Waals surface area contributed by atoms with Crippen molar-refractivity contribution in [2.75, 3.05) is 0 Å². The number of aliphatic hydroxyl groups excluding tert-OH is 1. The molecule has 5 atom stereocenters. The first-order chi connectivity index (χ1) is 28.0. The van der Waals surface area contributed by atoms with Crippen LogP contribution in [0.15, 0.2) is 146 Å². The number of hydrogen-bond acceptors (Lipinski definition) is 6. The first-order valence-electron chi connectivity index (χ1n) is 19.7. The average molecular weight is 781 g/mol. The van der Waals surface area contributed by atoms with E-state index in [1.54, 1.807) is 48.5 Å². The Bertz CT molecular complexity index is 2090. The minimum Gasteiger partial charge on any atom is -0.391 e. The van der Waals surface area contributed by atoms with Crippen molar-refractivity contribution >= 4 is 29.4 Å². The van der Waals surface area contributed by atoms with E-state index >= 15 is 0 Å². The van der Waals surface area contributed by atoms with Crippen molar-refractivity contribution in [2.45, 2.75) is 70.2 Å². The molecule has 10 nitrogen and oxygen atoms in total. The second kappa shape index (κ2) is 21.2. The fourth-order valence-electron chi connectivity index (χ4n) is 6.91. The lowest BCUT2D eigenvalue weighted by atomic mass is 9.88. The molecule has 0 heterocycles. The molecular weight excluding hydrogens is 729 g/mol. The van der Waals surface area contributed by atoms with Crippen molar-refractivity contribution in [3.63, 3.8) is 0 Å². The Morgan fingerprint density at radius 3 is 1.48 bits per heavy atom. The van der Waals surface area contributed by atoms with Crippen molar-refractivity contribution in [2.24, 2.45) is 17.6 Å². The molecule has 0 aliphatic carbocycles. The molecular formula is C48H52N4O6. The van der Waals surface area contributed by atoms with Crippen LogP contribution in [0.2, 0.25) is 0 Å². The normalized spacial score (nSPS) is 13.7. The van der Waals surface area contributed by atoms with Crippen molar-refractivity contribution in [3.8, 4) is 0 Å². The number of rotatable bonds is 20. The molecule has 5 aromatic rings. The number of primary amides is 1. The summed E-state index contributed by atoms with van der Waals surface area (Å²) in [5.41, 5.74) is 9.52. The largest absolute Gasteiger partial charge is 0.391 e. The molecule has 0 saturated carbocycles. The Balaban J connectivity index is 1.35. The average Bonchev–Trinajstić information content (AvgIpc) is 3.23. The summed E-state index contributed by atoms with van der Waals surface area (Å²) in [7, 11) is 0. The monoisotopic (exact) mass is 780 g/mol. The van der Waals surface area contributed by atoms with Gasteiger partial charge in [-0.25, -0.2) is 0 Å². The summed E-state index contributed by atoms with van der Waals surface area (Å²) < 4.78 is 0. The zero-order valence-electron chi connectivity index (χ0n) is 32.9. The number of benzene rings is 5. The van der Waals surface area contributed by atoms with E-state index in [-0.39, 0.29) is 43.8 Å². The van der Waals surface area contributed by atoms with Gasteiger partial charge in [-0.2, -0.15) is 0 Å². The first kappa shape index (κ1) is 42.7. The third-order valence-electron chi connectivity index (χ3n) is 10.0. The van der Waals surface area contributed by atoms with Crippen LogP contribution in [-0.4, -0.2) is 58.7 Å². The fraction of sp³-hybridized carbons (Fsp3) is 0.271. The number of amides is 4. The van der Waals surface area contributed by atoms with Crippen LogP contribution in [0.1, 0.15) is 69.7 Å². The second-order valence-corrected chi connectivity index (χ2v) is 15.1. The second-order valence-electron chi connectivity index (χ2n) is 15.1. The molecule has 0 radical (unpaired) electrons. The topological polar surface area (TPSA) is 168 Å². The highest BCUT2D eigenvalue weighted by Crippen LogP contribution is 2.21. The SMILES string of the molecule is CC(C)C[C@H](NC(=O)[C@H](Cc1ccccc1)C[C@@H](O)[C@H](Cc1ccccc1)NC(=O)c1ccc(C(=O)c2ccccc2)cc1)C(=O)N[C@@H](Cc1ccccc1)C(N)=O. The van der Waals surface area contributed by atoms with Crippen LogP contribution in [-0.2, 0) is 33.6 Å². The number of hydrogen-bond donors (Lipinski definition) is 5. The maximum Gasteiger partial charge on any atom is 0.251 e. The summed E-state index contributed by atoms with van der Waals surface area (Å²) in [5.74, 6) is -3.10. The Morgan fingerprint density at radius 2 is 0.966 bits per heavy atom. The van der Waals surface area contributed by atoms with Crippen molar-refractivity contribution in [1.29, 1.82) is 0 Å². The Labute approximate surface area is 340 Å². The van der Waals surface area contributed by atoms with Crippen molar-refractivity contribution in [1.82, 2.24) is 16.0 Å². The van der Waals surface area contributed by atoms with Crippen molar-refractivity contribution in [3.05, 3.63) is 179 Å². The van der Waals surface area contributed by atoms with Crippen LogP contribution < -0.4 is 21.7 Å². The van der Waals surface area contributed by atoms with Gasteiger partial charge in [0.25, 0.3) is 5.91 Å². The van der Waals surface area contributed by atoms with Gasteiger partial charge in [-0.15, -0.1) is 0 Å². The zero-order valence-corrected chi connectivity index (χ0v) is 32.9. The number of carbonyl (C=O) groups excluding carboxylic acids is 5. The van der Waals surface area contributed by atoms with Crippen LogP contribution in [0.25, 0.3) is 0 Å². The highest BCUT2D eigenvalue weighted by Gasteiger charge is 2.33. The van der Waals surface area contributed by atoms with Crippen LogP contribution in [0, 0.1) is 11.8 Å². The van der Waals surface area contributed by atoms with Crippen LogP contribution in [0.3, 0.4) is 0 Å². The number of nitrogens with one attached hydrogen (secondary N) is 3. The summed E-state index contributed by atoms with van der Waals surface area (Å²) >= 11 is 0. The maximum atomic E-state index is 14.3. The van der Waals surface area contributed by atoms with Crippen LogP contribution >= 0.6 is 0 Å².